The van der Waals surface area contributed by atoms with E-state index in [9.17, 15) is 13.2 Å². The van der Waals surface area contributed by atoms with Gasteiger partial charge in [-0.3, -0.25) is 0 Å². The maximum Gasteiger partial charge on any atom is 0.391 e. The van der Waals surface area contributed by atoms with E-state index in [0.29, 0.717) is 25.7 Å². The molecule has 156 valence electrons. The summed E-state index contributed by atoms with van der Waals surface area (Å²) in [6.07, 6.45) is -2.36. The van der Waals surface area contributed by atoms with Crippen molar-refractivity contribution in [2.24, 2.45) is 0 Å². The molecule has 0 radical (unpaired) electrons. The molecule has 26 heavy (non-hydrogen) atoms. The van der Waals surface area contributed by atoms with Crippen molar-refractivity contribution in [1.29, 1.82) is 0 Å². The lowest BCUT2D eigenvalue weighted by molar-refractivity contribution is -0.145. The number of halogens is 3. The van der Waals surface area contributed by atoms with E-state index in [1.54, 1.807) is 0 Å². The number of rotatable bonds is 6. The van der Waals surface area contributed by atoms with E-state index in [1.807, 2.05) is 13.1 Å². The van der Waals surface area contributed by atoms with Crippen molar-refractivity contribution in [2.45, 2.75) is 70.1 Å². The number of ether oxygens (including phenoxy) is 1. The molecule has 1 heterocycles. The van der Waals surface area contributed by atoms with Crippen LogP contribution in [0, 0.1) is 0 Å². The fourth-order valence-corrected chi connectivity index (χ4v) is 15.6. The van der Waals surface area contributed by atoms with Gasteiger partial charge in [0, 0.05) is 13.2 Å². The summed E-state index contributed by atoms with van der Waals surface area (Å²) in [5.74, 6) is 0. The fraction of sp³-hybridized carbons (Fsp3) is 1.00. The van der Waals surface area contributed by atoms with Gasteiger partial charge < -0.3 is 21.5 Å². The molecule has 4 unspecified atom stereocenters. The lowest BCUT2D eigenvalue weighted by Gasteiger charge is -2.32. The Morgan fingerprint density at radius 1 is 1.04 bits per heavy atom. The van der Waals surface area contributed by atoms with Gasteiger partial charge in [0.25, 0.3) is 18.6 Å². The largest absolute Gasteiger partial charge is 0.441 e. The molecule has 5 nitrogen and oxygen atoms in total. The minimum absolute atomic E-state index is 0.291. The lowest BCUT2D eigenvalue weighted by Crippen LogP contribution is -2.46. The average molecular weight is 451 g/mol. The topological polar surface area (TPSA) is 46.2 Å². The van der Waals surface area contributed by atoms with Gasteiger partial charge in [-0.25, -0.2) is 0 Å². The van der Waals surface area contributed by atoms with Crippen molar-refractivity contribution >= 4 is 36.2 Å². The van der Waals surface area contributed by atoms with E-state index < -0.39 is 48.8 Å². The zero-order chi connectivity index (χ0) is 19.6. The SMILES string of the molecule is C[SiH]1CCCCO[Si](C)(CCCOCCC(F)(F)F)O[SiH](C)O[SiH](C)O1. The average Bonchev–Trinajstić information content (AvgIpc) is 2.48. The zero-order valence-electron chi connectivity index (χ0n) is 16.3. The van der Waals surface area contributed by atoms with Gasteiger partial charge in [-0.2, -0.15) is 13.2 Å². The van der Waals surface area contributed by atoms with Crippen LogP contribution in [-0.2, 0) is 21.5 Å². The van der Waals surface area contributed by atoms with E-state index in [1.165, 1.54) is 0 Å². The molecule has 1 saturated heterocycles. The molecule has 0 amide bonds. The lowest BCUT2D eigenvalue weighted by atomic mass is 10.4. The van der Waals surface area contributed by atoms with Crippen LogP contribution in [0.5, 0.6) is 0 Å². The molecule has 0 spiro atoms. The van der Waals surface area contributed by atoms with E-state index in [-0.39, 0.29) is 6.61 Å². The Morgan fingerprint density at radius 3 is 2.46 bits per heavy atom. The standard InChI is InChI=1S/C14H33F3O5Si4/c1-23-12-6-5-10-19-26(4,22-25(3)21-24(2)20-23)13-7-9-18-11-8-14(15,16)17/h23-25H,5-13H2,1-4H3. The van der Waals surface area contributed by atoms with Crippen LogP contribution in [-0.4, -0.2) is 62.2 Å². The predicted molar refractivity (Wildman–Crippen MR) is 105 cm³/mol. The van der Waals surface area contributed by atoms with Gasteiger partial charge in [-0.05, 0) is 51.1 Å². The highest BCUT2D eigenvalue weighted by Crippen LogP contribution is 2.21. The summed E-state index contributed by atoms with van der Waals surface area (Å²) in [6, 6.07) is 1.83. The van der Waals surface area contributed by atoms with Gasteiger partial charge >= 0.3 is 14.7 Å². The number of hydrogen-bond donors (Lipinski definition) is 0. The summed E-state index contributed by atoms with van der Waals surface area (Å²) in [4.78, 5) is 0. The smallest absolute Gasteiger partial charge is 0.391 e. The van der Waals surface area contributed by atoms with Gasteiger partial charge in [0.05, 0.1) is 13.0 Å². The number of hydrogen-bond acceptors (Lipinski definition) is 5. The maximum atomic E-state index is 12.1. The van der Waals surface area contributed by atoms with E-state index in [4.69, 9.17) is 21.5 Å². The first-order valence-electron chi connectivity index (χ1n) is 9.37. The minimum atomic E-state index is -4.16. The molecule has 0 aromatic rings. The second-order valence-corrected chi connectivity index (χ2v) is 17.5. The Labute approximate surface area is 161 Å². The van der Waals surface area contributed by atoms with Gasteiger partial charge in [-0.1, -0.05) is 6.42 Å². The van der Waals surface area contributed by atoms with E-state index in [2.05, 4.69) is 13.1 Å². The quantitative estimate of drug-likeness (QED) is 0.459. The minimum Gasteiger partial charge on any atom is -0.441 e. The van der Waals surface area contributed by atoms with Crippen LogP contribution in [0.25, 0.3) is 0 Å². The molecule has 0 aromatic carbocycles. The highest BCUT2D eigenvalue weighted by molar-refractivity contribution is 6.75. The summed E-state index contributed by atoms with van der Waals surface area (Å²) in [5, 5.41) is 0. The second-order valence-electron chi connectivity index (χ2n) is 6.90. The molecule has 4 atom stereocenters. The van der Waals surface area contributed by atoms with E-state index in [0.717, 1.165) is 18.9 Å². The molecule has 0 aromatic heterocycles. The molecule has 0 saturated carbocycles. The van der Waals surface area contributed by atoms with Gasteiger partial charge in [0.1, 0.15) is 0 Å². The molecular formula is C14H33F3O5Si4. The first-order chi connectivity index (χ1) is 12.1. The van der Waals surface area contributed by atoms with Crippen molar-refractivity contribution in [3.8, 4) is 0 Å². The molecular weight excluding hydrogens is 417 g/mol. The highest BCUT2D eigenvalue weighted by atomic mass is 28.5. The van der Waals surface area contributed by atoms with Crippen molar-refractivity contribution in [3.05, 3.63) is 0 Å². The van der Waals surface area contributed by atoms with Crippen molar-refractivity contribution < 1.29 is 34.7 Å². The molecule has 0 N–H and O–H groups in total. The summed E-state index contributed by atoms with van der Waals surface area (Å²) < 4.78 is 65.9. The van der Waals surface area contributed by atoms with Gasteiger partial charge in [-0.15, -0.1) is 0 Å². The Hall–Kier alpha value is 0.458. The Bertz CT molecular complexity index is 394. The third-order valence-corrected chi connectivity index (χ3v) is 17.2. The van der Waals surface area contributed by atoms with Crippen LogP contribution in [0.2, 0.25) is 38.3 Å². The van der Waals surface area contributed by atoms with Crippen LogP contribution in [0.1, 0.15) is 25.7 Å². The summed E-state index contributed by atoms with van der Waals surface area (Å²) in [7, 11) is -7.05. The monoisotopic (exact) mass is 450 g/mol. The molecule has 1 fully saturated rings. The van der Waals surface area contributed by atoms with Crippen molar-refractivity contribution in [2.75, 3.05) is 19.8 Å². The van der Waals surface area contributed by atoms with Crippen LogP contribution in [0.3, 0.4) is 0 Å². The molecule has 12 heteroatoms. The highest BCUT2D eigenvalue weighted by Gasteiger charge is 2.35. The third-order valence-electron chi connectivity index (χ3n) is 4.08. The third kappa shape index (κ3) is 12.0. The molecule has 0 aliphatic carbocycles. The molecule has 1 aliphatic rings. The van der Waals surface area contributed by atoms with Gasteiger partial charge in [0.2, 0.25) is 0 Å². The second kappa shape index (κ2) is 12.1. The normalized spacial score (nSPS) is 32.7. The molecule has 1 rings (SSSR count). The summed E-state index contributed by atoms with van der Waals surface area (Å²) >= 11 is 0. The molecule has 0 bridgehead atoms. The Kier molecular flexibility index (Phi) is 11.4. The van der Waals surface area contributed by atoms with Crippen LogP contribution in [0.15, 0.2) is 0 Å². The predicted octanol–water partition coefficient (Wildman–Crippen LogP) is 3.33. The first-order valence-corrected chi connectivity index (χ1v) is 18.5. The Morgan fingerprint density at radius 2 is 1.77 bits per heavy atom. The van der Waals surface area contributed by atoms with Crippen LogP contribution in [0.4, 0.5) is 13.2 Å². The maximum absolute atomic E-state index is 12.1. The number of alkyl halides is 3. The van der Waals surface area contributed by atoms with Crippen LogP contribution < -0.4 is 0 Å². The van der Waals surface area contributed by atoms with Gasteiger partial charge in [0.15, 0.2) is 9.04 Å². The zero-order valence-corrected chi connectivity index (χ0v) is 20.7. The van der Waals surface area contributed by atoms with Crippen molar-refractivity contribution in [3.63, 3.8) is 0 Å². The van der Waals surface area contributed by atoms with Crippen molar-refractivity contribution in [1.82, 2.24) is 0 Å². The summed E-state index contributed by atoms with van der Waals surface area (Å²) in [6.45, 7) is 8.94. The first kappa shape index (κ1) is 24.5. The Balaban J connectivity index is 2.43. The molecule has 1 aliphatic heterocycles. The summed E-state index contributed by atoms with van der Waals surface area (Å²) in [5.41, 5.74) is 0. The fourth-order valence-electron chi connectivity index (χ4n) is 2.85. The van der Waals surface area contributed by atoms with E-state index >= 15 is 0 Å². The van der Waals surface area contributed by atoms with Crippen LogP contribution >= 0.6 is 0 Å².